The highest BCUT2D eigenvalue weighted by Crippen LogP contribution is 2.19. The Balaban J connectivity index is 0.00000420. The summed E-state index contributed by atoms with van der Waals surface area (Å²) in [4.78, 5) is 9.07. The predicted octanol–water partition coefficient (Wildman–Crippen LogP) is 3.90. The van der Waals surface area contributed by atoms with Crippen molar-refractivity contribution < 1.29 is 9.63 Å². The number of aliphatic imine (C=N–C) groups is 1. The number of guanidine groups is 1. The van der Waals surface area contributed by atoms with Gasteiger partial charge in [0.05, 0.1) is 0 Å². The molecule has 0 spiro atoms. The summed E-state index contributed by atoms with van der Waals surface area (Å²) in [5.74, 6) is 2.25. The number of aromatic nitrogens is 2. The van der Waals surface area contributed by atoms with Crippen molar-refractivity contribution in [2.75, 3.05) is 26.2 Å². The Morgan fingerprint density at radius 2 is 2.10 bits per heavy atom. The largest absolute Gasteiger partial charge is 0.396 e. The van der Waals surface area contributed by atoms with Gasteiger partial charge in [-0.25, -0.2) is 0 Å². The number of benzene rings is 1. The van der Waals surface area contributed by atoms with E-state index in [1.54, 1.807) is 0 Å². The molecule has 1 unspecified atom stereocenters. The maximum atomic E-state index is 9.19. The van der Waals surface area contributed by atoms with Crippen LogP contribution in [0.1, 0.15) is 39.0 Å². The van der Waals surface area contributed by atoms with Crippen LogP contribution in [0, 0.1) is 5.92 Å². The van der Waals surface area contributed by atoms with E-state index in [2.05, 4.69) is 32.7 Å². The molecular weight excluding hydrogens is 505 g/mol. The standard InChI is InChI=1S/C20H30ClN5O2.HI/c1-3-6-15(10-12-27)14-24-20(22-4-2)23-11-9-18-25-19(26-28-18)16-7-5-8-17(21)13-16;/h5,7-8,13,15,27H,3-4,6,9-12,14H2,1-2H3,(H2,22,23,24);1H. The van der Waals surface area contributed by atoms with Crippen molar-refractivity contribution in [3.05, 3.63) is 35.2 Å². The summed E-state index contributed by atoms with van der Waals surface area (Å²) in [7, 11) is 0. The van der Waals surface area contributed by atoms with Crippen LogP contribution in [0.25, 0.3) is 11.4 Å². The van der Waals surface area contributed by atoms with Crippen molar-refractivity contribution in [3.8, 4) is 11.4 Å². The molecular formula is C20H31ClIN5O2. The Bertz CT molecular complexity index is 735. The van der Waals surface area contributed by atoms with Crippen molar-refractivity contribution in [2.45, 2.75) is 39.5 Å². The number of hydrogen-bond donors (Lipinski definition) is 3. The minimum absolute atomic E-state index is 0. The molecule has 0 bridgehead atoms. The van der Waals surface area contributed by atoms with Crippen LogP contribution < -0.4 is 10.6 Å². The lowest BCUT2D eigenvalue weighted by molar-refractivity contribution is 0.253. The van der Waals surface area contributed by atoms with Gasteiger partial charge in [-0.1, -0.05) is 42.2 Å². The molecule has 0 fully saturated rings. The first-order valence-electron chi connectivity index (χ1n) is 9.87. The van der Waals surface area contributed by atoms with Gasteiger partial charge in [-0.15, -0.1) is 24.0 Å². The first-order valence-corrected chi connectivity index (χ1v) is 10.3. The molecule has 0 radical (unpaired) electrons. The molecule has 29 heavy (non-hydrogen) atoms. The number of nitrogens with zero attached hydrogens (tertiary/aromatic N) is 3. The van der Waals surface area contributed by atoms with Crippen molar-refractivity contribution in [1.29, 1.82) is 0 Å². The van der Waals surface area contributed by atoms with E-state index in [0.717, 1.165) is 37.3 Å². The minimum Gasteiger partial charge on any atom is -0.396 e. The zero-order valence-electron chi connectivity index (χ0n) is 17.0. The molecule has 3 N–H and O–H groups in total. The normalized spacial score (nSPS) is 12.3. The zero-order valence-corrected chi connectivity index (χ0v) is 20.1. The minimum atomic E-state index is 0. The molecule has 162 valence electrons. The van der Waals surface area contributed by atoms with Crippen LogP contribution in [0.5, 0.6) is 0 Å². The summed E-state index contributed by atoms with van der Waals surface area (Å²) < 4.78 is 5.33. The molecule has 7 nitrogen and oxygen atoms in total. The van der Waals surface area contributed by atoms with Crippen LogP contribution in [0.15, 0.2) is 33.8 Å². The molecule has 0 amide bonds. The van der Waals surface area contributed by atoms with Crippen LogP contribution >= 0.6 is 35.6 Å². The van der Waals surface area contributed by atoms with E-state index in [-0.39, 0.29) is 30.6 Å². The van der Waals surface area contributed by atoms with Gasteiger partial charge in [-0.2, -0.15) is 4.98 Å². The highest BCUT2D eigenvalue weighted by Gasteiger charge is 2.10. The molecule has 1 aromatic carbocycles. The Morgan fingerprint density at radius 3 is 2.79 bits per heavy atom. The van der Waals surface area contributed by atoms with Gasteiger partial charge in [0.2, 0.25) is 11.7 Å². The molecule has 0 aliphatic carbocycles. The van der Waals surface area contributed by atoms with Crippen molar-refractivity contribution in [3.63, 3.8) is 0 Å². The summed E-state index contributed by atoms with van der Waals surface area (Å²) in [5, 5.41) is 20.4. The van der Waals surface area contributed by atoms with E-state index in [4.69, 9.17) is 16.1 Å². The highest BCUT2D eigenvalue weighted by atomic mass is 127. The summed E-state index contributed by atoms with van der Waals surface area (Å²) in [6.07, 6.45) is 3.53. The molecule has 9 heteroatoms. The van der Waals surface area contributed by atoms with Gasteiger partial charge in [-0.05, 0) is 37.8 Å². The topological polar surface area (TPSA) is 95.6 Å². The quantitative estimate of drug-likeness (QED) is 0.229. The van der Waals surface area contributed by atoms with E-state index in [0.29, 0.717) is 42.2 Å². The van der Waals surface area contributed by atoms with Gasteiger partial charge < -0.3 is 20.3 Å². The van der Waals surface area contributed by atoms with E-state index in [1.165, 1.54) is 0 Å². The second-order valence-corrected chi connectivity index (χ2v) is 7.02. The molecule has 1 aromatic heterocycles. The lowest BCUT2D eigenvalue weighted by atomic mass is 10.0. The molecule has 2 rings (SSSR count). The lowest BCUT2D eigenvalue weighted by Gasteiger charge is -2.15. The van der Waals surface area contributed by atoms with E-state index < -0.39 is 0 Å². The average molecular weight is 536 g/mol. The molecule has 2 aromatic rings. The second kappa shape index (κ2) is 14.6. The lowest BCUT2D eigenvalue weighted by Crippen LogP contribution is -2.38. The molecule has 0 aliphatic rings. The molecule has 0 saturated carbocycles. The monoisotopic (exact) mass is 535 g/mol. The zero-order chi connectivity index (χ0) is 20.2. The molecule has 1 heterocycles. The van der Waals surface area contributed by atoms with Gasteiger partial charge in [0.15, 0.2) is 5.96 Å². The number of aliphatic hydroxyl groups excluding tert-OH is 1. The number of hydrogen-bond acceptors (Lipinski definition) is 5. The van der Waals surface area contributed by atoms with Crippen molar-refractivity contribution in [2.24, 2.45) is 10.9 Å². The van der Waals surface area contributed by atoms with E-state index in [9.17, 15) is 5.11 Å². The van der Waals surface area contributed by atoms with E-state index in [1.807, 2.05) is 31.2 Å². The number of aliphatic hydroxyl groups is 1. The summed E-state index contributed by atoms with van der Waals surface area (Å²) in [6.45, 7) is 6.49. The van der Waals surface area contributed by atoms with Crippen LogP contribution in [0.2, 0.25) is 5.02 Å². The third kappa shape index (κ3) is 9.31. The van der Waals surface area contributed by atoms with Gasteiger partial charge in [0.1, 0.15) is 0 Å². The molecule has 0 saturated heterocycles. The number of nitrogens with one attached hydrogen (secondary N) is 2. The Labute approximate surface area is 194 Å². The fourth-order valence-electron chi connectivity index (χ4n) is 2.87. The van der Waals surface area contributed by atoms with Gasteiger partial charge in [-0.3, -0.25) is 4.99 Å². The molecule has 1 atom stereocenters. The first kappa shape index (κ1) is 25.6. The SMILES string of the molecule is CCCC(CCO)CN=C(NCC)NCCc1nc(-c2cccc(Cl)c2)no1.I. The number of rotatable bonds is 11. The maximum absolute atomic E-state index is 9.19. The van der Waals surface area contributed by atoms with Gasteiger partial charge in [0, 0.05) is 43.2 Å². The van der Waals surface area contributed by atoms with Gasteiger partial charge in [0.25, 0.3) is 0 Å². The average Bonchev–Trinajstić information content (AvgIpc) is 3.15. The maximum Gasteiger partial charge on any atom is 0.228 e. The summed E-state index contributed by atoms with van der Waals surface area (Å²) in [5.41, 5.74) is 0.830. The van der Waals surface area contributed by atoms with Gasteiger partial charge >= 0.3 is 0 Å². The predicted molar refractivity (Wildman–Crippen MR) is 128 cm³/mol. The second-order valence-electron chi connectivity index (χ2n) is 6.59. The van der Waals surface area contributed by atoms with Crippen LogP contribution in [0.4, 0.5) is 0 Å². The van der Waals surface area contributed by atoms with Crippen LogP contribution in [-0.2, 0) is 6.42 Å². The Morgan fingerprint density at radius 1 is 1.28 bits per heavy atom. The Kier molecular flexibility index (Phi) is 12.9. The third-order valence-electron chi connectivity index (χ3n) is 4.27. The Hall–Kier alpha value is -1.39. The van der Waals surface area contributed by atoms with Crippen LogP contribution in [0.3, 0.4) is 0 Å². The van der Waals surface area contributed by atoms with Crippen molar-refractivity contribution in [1.82, 2.24) is 20.8 Å². The first-order chi connectivity index (χ1) is 13.7. The van der Waals surface area contributed by atoms with Crippen LogP contribution in [-0.4, -0.2) is 47.4 Å². The fraction of sp³-hybridized carbons (Fsp3) is 0.550. The highest BCUT2D eigenvalue weighted by molar-refractivity contribution is 14.0. The smallest absolute Gasteiger partial charge is 0.228 e. The van der Waals surface area contributed by atoms with Crippen molar-refractivity contribution >= 4 is 41.5 Å². The number of halogens is 2. The third-order valence-corrected chi connectivity index (χ3v) is 4.50. The summed E-state index contributed by atoms with van der Waals surface area (Å²) >= 11 is 6.01. The summed E-state index contributed by atoms with van der Waals surface area (Å²) in [6, 6.07) is 7.37. The fourth-order valence-corrected chi connectivity index (χ4v) is 3.06. The van der Waals surface area contributed by atoms with E-state index >= 15 is 0 Å². The molecule has 0 aliphatic heterocycles.